The van der Waals surface area contributed by atoms with Gasteiger partial charge in [-0.15, -0.1) is 0 Å². The van der Waals surface area contributed by atoms with Crippen molar-refractivity contribution in [3.63, 3.8) is 0 Å². The molecule has 1 aliphatic carbocycles. The molecule has 0 spiro atoms. The molecule has 0 bridgehead atoms. The smallest absolute Gasteiger partial charge is 0.409 e. The Morgan fingerprint density at radius 3 is 2.50 bits per heavy atom. The predicted molar refractivity (Wildman–Crippen MR) is 104 cm³/mol. The molecule has 0 N–H and O–H groups in total. The van der Waals surface area contributed by atoms with E-state index in [1.807, 2.05) is 17.7 Å². The van der Waals surface area contributed by atoms with Crippen LogP contribution in [0.2, 0.25) is 0 Å². The van der Waals surface area contributed by atoms with Crippen LogP contribution < -0.4 is 0 Å². The minimum absolute atomic E-state index is 0.0232. The molecule has 1 saturated carbocycles. The Morgan fingerprint density at radius 1 is 1.14 bits per heavy atom. The van der Waals surface area contributed by atoms with Crippen LogP contribution in [0.1, 0.15) is 54.7 Å². The number of fused-ring (bicyclic) bond motifs is 1. The normalized spacial score (nSPS) is 18.1. The molecule has 8 heteroatoms. The molecule has 0 atom stereocenters. The van der Waals surface area contributed by atoms with Crippen LogP contribution in [0.4, 0.5) is 4.79 Å². The molecule has 2 aromatic heterocycles. The van der Waals surface area contributed by atoms with Gasteiger partial charge in [-0.25, -0.2) is 14.5 Å². The lowest BCUT2D eigenvalue weighted by atomic mass is 10.1. The van der Waals surface area contributed by atoms with Gasteiger partial charge in [0.2, 0.25) is 0 Å². The van der Waals surface area contributed by atoms with Crippen molar-refractivity contribution in [1.29, 1.82) is 0 Å². The number of nitrogens with zero attached hydrogens (tertiary/aromatic N) is 5. The van der Waals surface area contributed by atoms with Gasteiger partial charge in [-0.1, -0.05) is 12.8 Å². The molecule has 0 unspecified atom stereocenters. The summed E-state index contributed by atoms with van der Waals surface area (Å²) >= 11 is 0. The van der Waals surface area contributed by atoms with Gasteiger partial charge in [-0.3, -0.25) is 4.79 Å². The maximum absolute atomic E-state index is 13.2. The fourth-order valence-corrected chi connectivity index (χ4v) is 4.21. The molecule has 0 radical (unpaired) electrons. The van der Waals surface area contributed by atoms with Gasteiger partial charge in [-0.05, 0) is 32.8 Å². The van der Waals surface area contributed by atoms with E-state index in [0.29, 0.717) is 44.4 Å². The summed E-state index contributed by atoms with van der Waals surface area (Å²) in [5.41, 5.74) is 2.28. The molecule has 1 saturated heterocycles. The number of aromatic nitrogens is 3. The van der Waals surface area contributed by atoms with Crippen LogP contribution in [-0.2, 0) is 4.74 Å². The predicted octanol–water partition coefficient (Wildman–Crippen LogP) is 2.77. The Labute approximate surface area is 164 Å². The lowest BCUT2D eigenvalue weighted by Crippen LogP contribution is -2.50. The second-order valence-corrected chi connectivity index (χ2v) is 7.55. The molecular weight excluding hydrogens is 358 g/mol. The molecule has 2 fully saturated rings. The topological polar surface area (TPSA) is 80.6 Å². The standard InChI is InChI=1S/C20H27N5O3/c1-3-28-20(27)24-10-8-23(9-11-24)19(26)16-12-14(2)22-18-17(16)13-21-25(18)15-6-4-5-7-15/h12-13,15H,3-11H2,1-2H3. The van der Waals surface area contributed by atoms with E-state index in [-0.39, 0.29) is 12.0 Å². The van der Waals surface area contributed by atoms with Crippen LogP contribution in [0, 0.1) is 6.92 Å². The number of ether oxygens (including phenoxy) is 1. The van der Waals surface area contributed by atoms with E-state index in [9.17, 15) is 9.59 Å². The maximum atomic E-state index is 13.2. The molecule has 0 aromatic carbocycles. The number of amides is 2. The molecule has 2 aliphatic rings. The number of aryl methyl sites for hydroxylation is 1. The monoisotopic (exact) mass is 385 g/mol. The fourth-order valence-electron chi connectivity index (χ4n) is 4.21. The van der Waals surface area contributed by atoms with E-state index < -0.39 is 0 Å². The Kier molecular flexibility index (Phi) is 5.19. The molecule has 150 valence electrons. The van der Waals surface area contributed by atoms with Crippen molar-refractivity contribution >= 4 is 23.0 Å². The van der Waals surface area contributed by atoms with Gasteiger partial charge in [0.25, 0.3) is 5.91 Å². The van der Waals surface area contributed by atoms with E-state index >= 15 is 0 Å². The molecule has 4 rings (SSSR count). The summed E-state index contributed by atoms with van der Waals surface area (Å²) in [5, 5.41) is 5.39. The zero-order valence-corrected chi connectivity index (χ0v) is 16.6. The van der Waals surface area contributed by atoms with Gasteiger partial charge in [-0.2, -0.15) is 5.10 Å². The van der Waals surface area contributed by atoms with Crippen molar-refractivity contribution in [1.82, 2.24) is 24.6 Å². The van der Waals surface area contributed by atoms with Crippen LogP contribution >= 0.6 is 0 Å². The van der Waals surface area contributed by atoms with Gasteiger partial charge >= 0.3 is 6.09 Å². The van der Waals surface area contributed by atoms with Crippen LogP contribution in [0.15, 0.2) is 12.3 Å². The van der Waals surface area contributed by atoms with Crippen molar-refractivity contribution in [2.75, 3.05) is 32.8 Å². The average molecular weight is 385 g/mol. The zero-order chi connectivity index (χ0) is 19.7. The van der Waals surface area contributed by atoms with Gasteiger partial charge in [0.15, 0.2) is 5.65 Å². The van der Waals surface area contributed by atoms with Gasteiger partial charge < -0.3 is 14.5 Å². The number of piperazine rings is 1. The first kappa shape index (κ1) is 18.7. The summed E-state index contributed by atoms with van der Waals surface area (Å²) in [6.07, 6.45) is 6.14. The minimum Gasteiger partial charge on any atom is -0.450 e. The van der Waals surface area contributed by atoms with E-state index in [2.05, 4.69) is 10.1 Å². The van der Waals surface area contributed by atoms with E-state index in [1.54, 1.807) is 22.9 Å². The van der Waals surface area contributed by atoms with E-state index in [0.717, 1.165) is 29.6 Å². The third-order valence-electron chi connectivity index (χ3n) is 5.69. The van der Waals surface area contributed by atoms with Gasteiger partial charge in [0.1, 0.15) is 0 Å². The number of pyridine rings is 1. The highest BCUT2D eigenvalue weighted by Crippen LogP contribution is 2.32. The van der Waals surface area contributed by atoms with Crippen molar-refractivity contribution < 1.29 is 14.3 Å². The van der Waals surface area contributed by atoms with Crippen LogP contribution in [-0.4, -0.2) is 69.4 Å². The zero-order valence-electron chi connectivity index (χ0n) is 16.6. The largest absolute Gasteiger partial charge is 0.450 e. The molecule has 2 aromatic rings. The first-order valence-electron chi connectivity index (χ1n) is 10.1. The van der Waals surface area contributed by atoms with Crippen molar-refractivity contribution in [2.24, 2.45) is 0 Å². The van der Waals surface area contributed by atoms with E-state index in [1.165, 1.54) is 12.8 Å². The number of hydrogen-bond donors (Lipinski definition) is 0. The highest BCUT2D eigenvalue weighted by molar-refractivity contribution is 6.05. The van der Waals surface area contributed by atoms with Crippen molar-refractivity contribution in [3.8, 4) is 0 Å². The molecule has 28 heavy (non-hydrogen) atoms. The number of carbonyl (C=O) groups excluding carboxylic acids is 2. The van der Waals surface area contributed by atoms with Crippen molar-refractivity contribution in [2.45, 2.75) is 45.6 Å². The number of hydrogen-bond acceptors (Lipinski definition) is 5. The average Bonchev–Trinajstić information content (AvgIpc) is 3.36. The Hall–Kier alpha value is -2.64. The Bertz CT molecular complexity index is 879. The maximum Gasteiger partial charge on any atom is 0.409 e. The summed E-state index contributed by atoms with van der Waals surface area (Å²) in [7, 11) is 0. The summed E-state index contributed by atoms with van der Waals surface area (Å²) in [5.74, 6) is -0.0232. The Balaban J connectivity index is 1.56. The lowest BCUT2D eigenvalue weighted by molar-refractivity contribution is 0.0572. The highest BCUT2D eigenvalue weighted by atomic mass is 16.6. The van der Waals surface area contributed by atoms with E-state index in [4.69, 9.17) is 4.74 Å². The van der Waals surface area contributed by atoms with Gasteiger partial charge in [0.05, 0.1) is 29.8 Å². The van der Waals surface area contributed by atoms with Crippen LogP contribution in [0.5, 0.6) is 0 Å². The SMILES string of the molecule is CCOC(=O)N1CCN(C(=O)c2cc(C)nc3c2cnn3C2CCCC2)CC1. The molecule has 8 nitrogen and oxygen atoms in total. The quantitative estimate of drug-likeness (QED) is 0.812. The first-order valence-corrected chi connectivity index (χ1v) is 10.1. The van der Waals surface area contributed by atoms with Gasteiger partial charge in [0, 0.05) is 31.9 Å². The second kappa shape index (κ2) is 7.77. The van der Waals surface area contributed by atoms with Crippen LogP contribution in [0.3, 0.4) is 0 Å². The first-order chi connectivity index (χ1) is 13.6. The third-order valence-corrected chi connectivity index (χ3v) is 5.69. The second-order valence-electron chi connectivity index (χ2n) is 7.55. The molecule has 1 aliphatic heterocycles. The van der Waals surface area contributed by atoms with Crippen molar-refractivity contribution in [3.05, 3.63) is 23.5 Å². The molecule has 2 amide bonds. The number of rotatable bonds is 3. The molecule has 3 heterocycles. The minimum atomic E-state index is -0.311. The summed E-state index contributed by atoms with van der Waals surface area (Å²) in [6.45, 7) is 6.03. The summed E-state index contributed by atoms with van der Waals surface area (Å²) in [6, 6.07) is 2.23. The van der Waals surface area contributed by atoms with Crippen LogP contribution in [0.25, 0.3) is 11.0 Å². The lowest BCUT2D eigenvalue weighted by Gasteiger charge is -2.34. The summed E-state index contributed by atoms with van der Waals surface area (Å²) < 4.78 is 7.06. The Morgan fingerprint density at radius 2 is 1.82 bits per heavy atom. The summed E-state index contributed by atoms with van der Waals surface area (Å²) in [4.78, 5) is 33.2. The molecular formula is C20H27N5O3. The fraction of sp³-hybridized carbons (Fsp3) is 0.600. The highest BCUT2D eigenvalue weighted by Gasteiger charge is 2.28. The third kappa shape index (κ3) is 3.43. The number of carbonyl (C=O) groups is 2.